The molecule has 0 N–H and O–H groups in total. The van der Waals surface area contributed by atoms with Gasteiger partial charge in [-0.2, -0.15) is 0 Å². The van der Waals surface area contributed by atoms with Gasteiger partial charge in [0.15, 0.2) is 5.79 Å². The number of rotatable bonds is 12. The first-order chi connectivity index (χ1) is 14.5. The molecule has 2 rings (SSSR count). The van der Waals surface area contributed by atoms with E-state index >= 15 is 0 Å². The molecule has 0 saturated carbocycles. The van der Waals surface area contributed by atoms with Gasteiger partial charge in [0, 0.05) is 39.1 Å². The van der Waals surface area contributed by atoms with Gasteiger partial charge in [-0.05, 0) is 18.9 Å². The molecule has 5 nitrogen and oxygen atoms in total. The number of carbonyl (C=O) groups excluding carboxylic acids is 1. The average Bonchev–Trinajstić information content (AvgIpc) is 2.77. The molecule has 1 aliphatic heterocycles. The number of benzene rings is 1. The highest BCUT2D eigenvalue weighted by molar-refractivity contribution is 5.68. The number of unbranched alkanes of at least 4 members (excludes halogenated alkanes) is 6. The summed E-state index contributed by atoms with van der Waals surface area (Å²) in [5, 5.41) is 0. The molecule has 1 amide bonds. The Balaban J connectivity index is 1.95. The highest BCUT2D eigenvalue weighted by Crippen LogP contribution is 2.37. The van der Waals surface area contributed by atoms with E-state index in [1.54, 1.807) is 14.2 Å². The normalized spacial score (nSPS) is 20.9. The van der Waals surface area contributed by atoms with Gasteiger partial charge in [0.25, 0.3) is 0 Å². The quantitative estimate of drug-likeness (QED) is 0.294. The van der Waals surface area contributed by atoms with Crippen LogP contribution >= 0.6 is 0 Å². The molecule has 1 aromatic carbocycles. The van der Waals surface area contributed by atoms with Gasteiger partial charge in [0.2, 0.25) is 0 Å². The molecule has 1 heterocycles. The maximum absolute atomic E-state index is 13.0. The van der Waals surface area contributed by atoms with Crippen LogP contribution in [-0.4, -0.2) is 43.1 Å². The lowest BCUT2D eigenvalue weighted by Gasteiger charge is -2.48. The van der Waals surface area contributed by atoms with E-state index in [0.29, 0.717) is 19.4 Å². The van der Waals surface area contributed by atoms with E-state index in [2.05, 4.69) is 13.8 Å². The highest BCUT2D eigenvalue weighted by Gasteiger charge is 2.46. The minimum atomic E-state index is -0.624. The summed E-state index contributed by atoms with van der Waals surface area (Å²) in [6.07, 6.45) is 10.8. The Bertz CT molecular complexity index is 602. The molecular formula is C25H41NO4. The van der Waals surface area contributed by atoms with Crippen LogP contribution in [0, 0.1) is 0 Å². The minimum absolute atomic E-state index is 0.00326. The van der Waals surface area contributed by atoms with Gasteiger partial charge in [-0.3, -0.25) is 0 Å². The average molecular weight is 420 g/mol. The first-order valence-corrected chi connectivity index (χ1v) is 11.6. The van der Waals surface area contributed by atoms with Crippen LogP contribution in [0.25, 0.3) is 0 Å². The van der Waals surface area contributed by atoms with Crippen molar-refractivity contribution in [1.82, 2.24) is 4.90 Å². The third-order valence-corrected chi connectivity index (χ3v) is 6.32. The van der Waals surface area contributed by atoms with Crippen LogP contribution < -0.4 is 0 Å². The summed E-state index contributed by atoms with van der Waals surface area (Å²) in [4.78, 5) is 14.9. The number of piperidine rings is 1. The second kappa shape index (κ2) is 13.0. The topological polar surface area (TPSA) is 48.0 Å². The van der Waals surface area contributed by atoms with Crippen molar-refractivity contribution in [1.29, 1.82) is 0 Å². The summed E-state index contributed by atoms with van der Waals surface area (Å²) >= 11 is 0. The standard InChI is InChI=1S/C25H41NO4/c1-5-6-7-8-9-10-14-17-23-19-25(28-3,29-4)18-21(2)26(23)24(27)30-20-22-15-12-11-13-16-22/h11-13,15-16,21,23H,5-10,14,17-20H2,1-4H3/t21-,23+/m1/s1. The van der Waals surface area contributed by atoms with Crippen molar-refractivity contribution < 1.29 is 19.0 Å². The van der Waals surface area contributed by atoms with Crippen LogP contribution in [0.2, 0.25) is 0 Å². The number of methoxy groups -OCH3 is 2. The predicted octanol–water partition coefficient (Wildman–Crippen LogP) is 6.31. The second-order valence-electron chi connectivity index (χ2n) is 8.59. The van der Waals surface area contributed by atoms with Crippen molar-refractivity contribution in [2.24, 2.45) is 0 Å². The maximum atomic E-state index is 13.0. The first kappa shape index (κ1) is 24.7. The lowest BCUT2D eigenvalue weighted by atomic mass is 9.88. The zero-order valence-corrected chi connectivity index (χ0v) is 19.4. The third-order valence-electron chi connectivity index (χ3n) is 6.32. The fourth-order valence-electron chi connectivity index (χ4n) is 4.57. The van der Waals surface area contributed by atoms with Gasteiger partial charge < -0.3 is 19.1 Å². The SMILES string of the molecule is CCCCCCCCC[C@H]1CC(OC)(OC)C[C@@H](C)N1C(=O)OCc1ccccc1. The molecule has 0 spiro atoms. The van der Waals surface area contributed by atoms with Crippen LogP contribution in [0.3, 0.4) is 0 Å². The van der Waals surface area contributed by atoms with E-state index in [-0.39, 0.29) is 18.2 Å². The van der Waals surface area contributed by atoms with E-state index in [9.17, 15) is 4.79 Å². The third kappa shape index (κ3) is 7.28. The fraction of sp³-hybridized carbons (Fsp3) is 0.720. The monoisotopic (exact) mass is 419 g/mol. The van der Waals surface area contributed by atoms with Gasteiger partial charge in [-0.1, -0.05) is 82.2 Å². The van der Waals surface area contributed by atoms with Gasteiger partial charge in [0.05, 0.1) is 0 Å². The predicted molar refractivity (Wildman–Crippen MR) is 120 cm³/mol. The van der Waals surface area contributed by atoms with E-state index < -0.39 is 5.79 Å². The molecular weight excluding hydrogens is 378 g/mol. The van der Waals surface area contributed by atoms with Crippen molar-refractivity contribution in [3.05, 3.63) is 35.9 Å². The Morgan fingerprint density at radius 3 is 2.27 bits per heavy atom. The van der Waals surface area contributed by atoms with Crippen molar-refractivity contribution in [3.63, 3.8) is 0 Å². The van der Waals surface area contributed by atoms with Crippen LogP contribution in [0.1, 0.15) is 83.6 Å². The molecule has 5 heteroatoms. The Morgan fingerprint density at radius 2 is 1.63 bits per heavy atom. The van der Waals surface area contributed by atoms with Crippen LogP contribution in [0.5, 0.6) is 0 Å². The Morgan fingerprint density at radius 1 is 1.00 bits per heavy atom. The molecule has 0 aliphatic carbocycles. The number of amides is 1. The molecule has 1 saturated heterocycles. The number of ether oxygens (including phenoxy) is 3. The molecule has 0 aromatic heterocycles. The lowest BCUT2D eigenvalue weighted by Crippen LogP contribution is -2.58. The van der Waals surface area contributed by atoms with Crippen LogP contribution in [0.15, 0.2) is 30.3 Å². The van der Waals surface area contributed by atoms with E-state index in [1.807, 2.05) is 35.2 Å². The van der Waals surface area contributed by atoms with Crippen molar-refractivity contribution >= 4 is 6.09 Å². The molecule has 0 radical (unpaired) electrons. The molecule has 0 bridgehead atoms. The van der Waals surface area contributed by atoms with E-state index in [4.69, 9.17) is 14.2 Å². The Labute approximate surface area is 183 Å². The van der Waals surface area contributed by atoms with Crippen LogP contribution in [-0.2, 0) is 20.8 Å². The smallest absolute Gasteiger partial charge is 0.410 e. The van der Waals surface area contributed by atoms with Gasteiger partial charge >= 0.3 is 6.09 Å². The van der Waals surface area contributed by atoms with Gasteiger partial charge in [-0.25, -0.2) is 4.79 Å². The van der Waals surface area contributed by atoms with Crippen molar-refractivity contribution in [2.75, 3.05) is 14.2 Å². The summed E-state index contributed by atoms with van der Waals surface area (Å²) in [5.74, 6) is -0.624. The maximum Gasteiger partial charge on any atom is 0.410 e. The van der Waals surface area contributed by atoms with Gasteiger partial charge in [-0.15, -0.1) is 0 Å². The summed E-state index contributed by atoms with van der Waals surface area (Å²) < 4.78 is 17.2. The molecule has 1 aromatic rings. The zero-order valence-electron chi connectivity index (χ0n) is 19.4. The second-order valence-corrected chi connectivity index (χ2v) is 8.59. The molecule has 1 fully saturated rings. The molecule has 30 heavy (non-hydrogen) atoms. The van der Waals surface area contributed by atoms with E-state index in [1.165, 1.54) is 38.5 Å². The first-order valence-electron chi connectivity index (χ1n) is 11.6. The minimum Gasteiger partial charge on any atom is -0.445 e. The Kier molecular flexibility index (Phi) is 10.7. The number of likely N-dealkylation sites (tertiary alicyclic amines) is 1. The van der Waals surface area contributed by atoms with Crippen molar-refractivity contribution in [3.8, 4) is 0 Å². The number of hydrogen-bond donors (Lipinski definition) is 0. The number of nitrogens with zero attached hydrogens (tertiary/aromatic N) is 1. The summed E-state index contributed by atoms with van der Waals surface area (Å²) in [5.41, 5.74) is 1.00. The molecule has 2 atom stereocenters. The molecule has 0 unspecified atom stereocenters. The summed E-state index contributed by atoms with van der Waals surface area (Å²) in [6.45, 7) is 4.60. The summed E-state index contributed by atoms with van der Waals surface area (Å²) in [6, 6.07) is 9.89. The number of hydrogen-bond acceptors (Lipinski definition) is 4. The van der Waals surface area contributed by atoms with Gasteiger partial charge in [0.1, 0.15) is 6.61 Å². The van der Waals surface area contributed by atoms with Crippen LogP contribution in [0.4, 0.5) is 4.79 Å². The summed E-state index contributed by atoms with van der Waals surface area (Å²) in [7, 11) is 3.40. The highest BCUT2D eigenvalue weighted by atomic mass is 16.7. The zero-order chi connectivity index (χ0) is 21.8. The largest absolute Gasteiger partial charge is 0.445 e. The fourth-order valence-corrected chi connectivity index (χ4v) is 4.57. The Hall–Kier alpha value is -1.59. The molecule has 1 aliphatic rings. The van der Waals surface area contributed by atoms with E-state index in [0.717, 1.165) is 18.4 Å². The lowest BCUT2D eigenvalue weighted by molar-refractivity contribution is -0.244. The molecule has 170 valence electrons. The van der Waals surface area contributed by atoms with Crippen molar-refractivity contribution in [2.45, 2.75) is 103 Å². The number of carbonyl (C=O) groups is 1.